The minimum atomic E-state index is 0.480. The summed E-state index contributed by atoms with van der Waals surface area (Å²) in [7, 11) is 0. The van der Waals surface area contributed by atoms with E-state index in [-0.39, 0.29) is 0 Å². The topological polar surface area (TPSA) is 32.3 Å². The van der Waals surface area contributed by atoms with Gasteiger partial charge in [0.05, 0.1) is 0 Å². The molecule has 1 aliphatic carbocycles. The molecule has 4 rings (SSSR count). The SMILES string of the molecule is O=C(CC1CC2CCC(C1)N2)N1CCCC2CCCC21. The summed E-state index contributed by atoms with van der Waals surface area (Å²) in [6.07, 6.45) is 12.6. The van der Waals surface area contributed by atoms with E-state index in [1.807, 2.05) is 0 Å². The zero-order valence-electron chi connectivity index (χ0n) is 12.5. The van der Waals surface area contributed by atoms with Crippen molar-refractivity contribution in [1.82, 2.24) is 10.2 Å². The average Bonchev–Trinajstić information content (AvgIpc) is 3.04. The van der Waals surface area contributed by atoms with Crippen molar-refractivity contribution in [2.75, 3.05) is 6.54 Å². The molecule has 4 unspecified atom stereocenters. The molecule has 0 aromatic rings. The van der Waals surface area contributed by atoms with E-state index in [0.717, 1.165) is 18.9 Å². The third-order valence-electron chi connectivity index (χ3n) is 6.35. The van der Waals surface area contributed by atoms with E-state index < -0.39 is 0 Å². The molecule has 2 bridgehead atoms. The molecule has 0 radical (unpaired) electrons. The lowest BCUT2D eigenvalue weighted by Gasteiger charge is -2.39. The molecular formula is C17H28N2O. The number of carbonyl (C=O) groups is 1. The number of hydrogen-bond donors (Lipinski definition) is 1. The second-order valence-electron chi connectivity index (χ2n) is 7.67. The van der Waals surface area contributed by atoms with Crippen molar-refractivity contribution in [3.05, 3.63) is 0 Å². The van der Waals surface area contributed by atoms with Gasteiger partial charge >= 0.3 is 0 Å². The Bertz CT molecular complexity index is 371. The number of nitrogens with zero attached hydrogens (tertiary/aromatic N) is 1. The summed E-state index contributed by atoms with van der Waals surface area (Å²) in [6, 6.07) is 2.04. The molecule has 20 heavy (non-hydrogen) atoms. The molecule has 1 amide bonds. The van der Waals surface area contributed by atoms with E-state index in [1.165, 1.54) is 57.8 Å². The van der Waals surface area contributed by atoms with Gasteiger partial charge in [0.2, 0.25) is 5.91 Å². The molecule has 0 aromatic heterocycles. The van der Waals surface area contributed by atoms with Crippen LogP contribution in [0.2, 0.25) is 0 Å². The van der Waals surface area contributed by atoms with Gasteiger partial charge in [0.15, 0.2) is 0 Å². The van der Waals surface area contributed by atoms with Crippen LogP contribution < -0.4 is 5.32 Å². The largest absolute Gasteiger partial charge is 0.339 e. The highest BCUT2D eigenvalue weighted by Gasteiger charge is 2.39. The molecule has 3 aliphatic heterocycles. The number of fused-ring (bicyclic) bond motifs is 3. The van der Waals surface area contributed by atoms with E-state index in [0.29, 0.717) is 30.0 Å². The summed E-state index contributed by atoms with van der Waals surface area (Å²) in [4.78, 5) is 15.0. The zero-order valence-corrected chi connectivity index (χ0v) is 12.5. The summed E-state index contributed by atoms with van der Waals surface area (Å²) in [5.74, 6) is 1.97. The van der Waals surface area contributed by atoms with Gasteiger partial charge in [-0.05, 0) is 63.2 Å². The lowest BCUT2D eigenvalue weighted by molar-refractivity contribution is -0.137. The summed E-state index contributed by atoms with van der Waals surface area (Å²) >= 11 is 0. The smallest absolute Gasteiger partial charge is 0.223 e. The van der Waals surface area contributed by atoms with Crippen molar-refractivity contribution in [2.24, 2.45) is 11.8 Å². The normalized spacial score (nSPS) is 43.6. The van der Waals surface area contributed by atoms with E-state index in [2.05, 4.69) is 10.2 Å². The minimum absolute atomic E-state index is 0.480. The van der Waals surface area contributed by atoms with Gasteiger partial charge < -0.3 is 10.2 Å². The van der Waals surface area contributed by atoms with Gasteiger partial charge in [-0.25, -0.2) is 0 Å². The van der Waals surface area contributed by atoms with E-state index >= 15 is 0 Å². The van der Waals surface area contributed by atoms with Crippen LogP contribution >= 0.6 is 0 Å². The van der Waals surface area contributed by atoms with Crippen LogP contribution in [0.1, 0.15) is 64.2 Å². The van der Waals surface area contributed by atoms with Crippen molar-refractivity contribution >= 4 is 5.91 Å². The third kappa shape index (κ3) is 2.38. The highest BCUT2D eigenvalue weighted by molar-refractivity contribution is 5.77. The zero-order chi connectivity index (χ0) is 13.5. The second-order valence-corrected chi connectivity index (χ2v) is 7.67. The summed E-state index contributed by atoms with van der Waals surface area (Å²) in [5.41, 5.74) is 0. The Labute approximate surface area is 122 Å². The van der Waals surface area contributed by atoms with Crippen LogP contribution in [0.4, 0.5) is 0 Å². The Kier molecular flexibility index (Phi) is 3.49. The molecule has 3 saturated heterocycles. The molecule has 4 atom stereocenters. The lowest BCUT2D eigenvalue weighted by atomic mass is 9.87. The van der Waals surface area contributed by atoms with Gasteiger partial charge in [-0.15, -0.1) is 0 Å². The number of nitrogens with one attached hydrogen (secondary N) is 1. The van der Waals surface area contributed by atoms with Crippen LogP contribution in [-0.2, 0) is 4.79 Å². The number of hydrogen-bond acceptors (Lipinski definition) is 2. The highest BCUT2D eigenvalue weighted by Crippen LogP contribution is 2.38. The third-order valence-corrected chi connectivity index (χ3v) is 6.35. The molecule has 1 saturated carbocycles. The maximum absolute atomic E-state index is 12.7. The first-order chi connectivity index (χ1) is 9.79. The minimum Gasteiger partial charge on any atom is -0.339 e. The van der Waals surface area contributed by atoms with Crippen LogP contribution in [0.5, 0.6) is 0 Å². The first kappa shape index (κ1) is 13.1. The molecular weight excluding hydrogens is 248 g/mol. The van der Waals surface area contributed by atoms with Crippen molar-refractivity contribution in [2.45, 2.75) is 82.3 Å². The second kappa shape index (κ2) is 5.32. The molecule has 0 aromatic carbocycles. The Morgan fingerprint density at radius 2 is 1.75 bits per heavy atom. The van der Waals surface area contributed by atoms with Gasteiger partial charge in [0.25, 0.3) is 0 Å². The predicted octanol–water partition coefficient (Wildman–Crippen LogP) is 2.70. The number of amides is 1. The first-order valence-electron chi connectivity index (χ1n) is 8.85. The fourth-order valence-electron chi connectivity index (χ4n) is 5.47. The molecule has 112 valence electrons. The van der Waals surface area contributed by atoms with Crippen LogP contribution in [0.15, 0.2) is 0 Å². The van der Waals surface area contributed by atoms with Crippen LogP contribution in [0, 0.1) is 11.8 Å². The van der Waals surface area contributed by atoms with Crippen LogP contribution in [0.3, 0.4) is 0 Å². The Hall–Kier alpha value is -0.570. The maximum Gasteiger partial charge on any atom is 0.223 e. The van der Waals surface area contributed by atoms with Crippen molar-refractivity contribution < 1.29 is 4.79 Å². The molecule has 4 fully saturated rings. The molecule has 0 spiro atoms. The van der Waals surface area contributed by atoms with Gasteiger partial charge in [0.1, 0.15) is 0 Å². The molecule has 3 nitrogen and oxygen atoms in total. The summed E-state index contributed by atoms with van der Waals surface area (Å²) in [6.45, 7) is 1.04. The standard InChI is InChI=1S/C17H28N2O/c20-17(11-12-9-14-6-7-15(10-12)18-14)19-8-2-4-13-3-1-5-16(13)19/h12-16,18H,1-11H2. The van der Waals surface area contributed by atoms with Gasteiger partial charge in [-0.2, -0.15) is 0 Å². The number of carbonyl (C=O) groups excluding carboxylic acids is 1. The first-order valence-corrected chi connectivity index (χ1v) is 8.85. The van der Waals surface area contributed by atoms with Crippen LogP contribution in [-0.4, -0.2) is 35.5 Å². The lowest BCUT2D eigenvalue weighted by Crippen LogP contribution is -2.47. The van der Waals surface area contributed by atoms with Crippen molar-refractivity contribution in [1.29, 1.82) is 0 Å². The fourth-order valence-corrected chi connectivity index (χ4v) is 5.47. The van der Waals surface area contributed by atoms with E-state index in [4.69, 9.17) is 0 Å². The Morgan fingerprint density at radius 1 is 1.00 bits per heavy atom. The van der Waals surface area contributed by atoms with Crippen LogP contribution in [0.25, 0.3) is 0 Å². The Balaban J connectivity index is 1.37. The van der Waals surface area contributed by atoms with Crippen molar-refractivity contribution in [3.63, 3.8) is 0 Å². The van der Waals surface area contributed by atoms with E-state index in [9.17, 15) is 4.79 Å². The average molecular weight is 276 g/mol. The number of piperidine rings is 2. The Morgan fingerprint density at radius 3 is 2.55 bits per heavy atom. The monoisotopic (exact) mass is 276 g/mol. The fraction of sp³-hybridized carbons (Fsp3) is 0.941. The quantitative estimate of drug-likeness (QED) is 0.841. The number of rotatable bonds is 2. The van der Waals surface area contributed by atoms with Gasteiger partial charge in [-0.3, -0.25) is 4.79 Å². The predicted molar refractivity (Wildman–Crippen MR) is 79.4 cm³/mol. The molecule has 4 aliphatic rings. The molecule has 3 heterocycles. The maximum atomic E-state index is 12.7. The number of likely N-dealkylation sites (tertiary alicyclic amines) is 1. The molecule has 3 heteroatoms. The molecule has 1 N–H and O–H groups in total. The van der Waals surface area contributed by atoms with Gasteiger partial charge in [0, 0.05) is 31.1 Å². The highest BCUT2D eigenvalue weighted by atomic mass is 16.2. The summed E-state index contributed by atoms with van der Waals surface area (Å²) < 4.78 is 0. The van der Waals surface area contributed by atoms with Gasteiger partial charge in [-0.1, -0.05) is 6.42 Å². The van der Waals surface area contributed by atoms with E-state index in [1.54, 1.807) is 0 Å². The summed E-state index contributed by atoms with van der Waals surface area (Å²) in [5, 5.41) is 3.69. The van der Waals surface area contributed by atoms with Crippen molar-refractivity contribution in [3.8, 4) is 0 Å².